The van der Waals surface area contributed by atoms with Gasteiger partial charge in [-0.3, -0.25) is 4.68 Å². The van der Waals surface area contributed by atoms with E-state index >= 15 is 0 Å². The lowest BCUT2D eigenvalue weighted by atomic mass is 9.89. The second-order valence-corrected chi connectivity index (χ2v) is 9.66. The number of likely N-dealkylation sites (tertiary alicyclic amines) is 1. The zero-order valence-corrected chi connectivity index (χ0v) is 17.8. The van der Waals surface area contributed by atoms with Crippen molar-refractivity contribution >= 4 is 5.82 Å². The molecule has 3 heterocycles. The zero-order valence-electron chi connectivity index (χ0n) is 17.8. The summed E-state index contributed by atoms with van der Waals surface area (Å²) in [6.07, 6.45) is 11.8. The van der Waals surface area contributed by atoms with Crippen LogP contribution in [0.15, 0.2) is 18.3 Å². The van der Waals surface area contributed by atoms with E-state index in [1.165, 1.54) is 64.6 Å². The van der Waals surface area contributed by atoms with Gasteiger partial charge in [-0.2, -0.15) is 5.10 Å². The summed E-state index contributed by atoms with van der Waals surface area (Å²) in [7, 11) is 1.94. The minimum atomic E-state index is 0.544. The SMILES string of the molecule is Cc1nn(C)cc1-c1ccc(NC2C[C@@H]3CN(CC4CCCCC4)C[C@@H]3C2)nn1. The summed E-state index contributed by atoms with van der Waals surface area (Å²) in [6, 6.07) is 4.67. The van der Waals surface area contributed by atoms with Crippen molar-refractivity contribution in [2.45, 2.75) is 57.9 Å². The van der Waals surface area contributed by atoms with Crippen molar-refractivity contribution in [1.29, 1.82) is 0 Å². The highest BCUT2D eigenvalue weighted by Crippen LogP contribution is 2.40. The highest BCUT2D eigenvalue weighted by atomic mass is 15.3. The first-order chi connectivity index (χ1) is 14.1. The van der Waals surface area contributed by atoms with Crippen molar-refractivity contribution in [2.24, 2.45) is 24.8 Å². The van der Waals surface area contributed by atoms with Crippen LogP contribution in [-0.2, 0) is 7.05 Å². The number of aromatic nitrogens is 4. The zero-order chi connectivity index (χ0) is 19.8. The number of fused-ring (bicyclic) bond motifs is 1. The standard InChI is InChI=1S/C23H34N6/c1-16-21(15-28(2)27-16)22-8-9-23(26-25-22)24-20-10-18-13-29(14-19(18)11-20)12-17-6-4-3-5-7-17/h8-9,15,17-20H,3-7,10-14H2,1-2H3,(H,24,26)/t18-,19+,20?. The van der Waals surface area contributed by atoms with Crippen LogP contribution < -0.4 is 5.32 Å². The number of hydrogen-bond acceptors (Lipinski definition) is 5. The summed E-state index contributed by atoms with van der Waals surface area (Å²) >= 11 is 0. The highest BCUT2D eigenvalue weighted by Gasteiger charge is 2.41. The van der Waals surface area contributed by atoms with E-state index in [0.717, 1.165) is 40.5 Å². The molecule has 2 aliphatic carbocycles. The highest BCUT2D eigenvalue weighted by molar-refractivity contribution is 5.61. The van der Waals surface area contributed by atoms with Gasteiger partial charge >= 0.3 is 0 Å². The Morgan fingerprint density at radius 2 is 1.79 bits per heavy atom. The predicted molar refractivity (Wildman–Crippen MR) is 116 cm³/mol. The number of hydrogen-bond donors (Lipinski definition) is 1. The lowest BCUT2D eigenvalue weighted by Crippen LogP contribution is -2.30. The quantitative estimate of drug-likeness (QED) is 0.834. The Labute approximate surface area is 174 Å². The summed E-state index contributed by atoms with van der Waals surface area (Å²) in [6.45, 7) is 5.98. The van der Waals surface area contributed by atoms with Gasteiger partial charge in [0.1, 0.15) is 5.82 Å². The summed E-state index contributed by atoms with van der Waals surface area (Å²) in [5.41, 5.74) is 2.94. The number of nitrogens with zero attached hydrogens (tertiary/aromatic N) is 5. The van der Waals surface area contributed by atoms with E-state index in [1.807, 2.05) is 24.9 Å². The van der Waals surface area contributed by atoms with Gasteiger partial charge in [-0.1, -0.05) is 19.3 Å². The topological polar surface area (TPSA) is 58.9 Å². The Kier molecular flexibility index (Phi) is 5.29. The largest absolute Gasteiger partial charge is 0.366 e. The molecule has 29 heavy (non-hydrogen) atoms. The lowest BCUT2D eigenvalue weighted by molar-refractivity contribution is 0.221. The molecule has 5 rings (SSSR count). The van der Waals surface area contributed by atoms with Gasteiger partial charge in [-0.25, -0.2) is 0 Å². The molecule has 2 aromatic heterocycles. The van der Waals surface area contributed by atoms with Crippen LogP contribution in [0.4, 0.5) is 5.82 Å². The molecular formula is C23H34N6. The molecule has 0 radical (unpaired) electrons. The van der Waals surface area contributed by atoms with Crippen LogP contribution in [-0.4, -0.2) is 50.6 Å². The fourth-order valence-corrected chi connectivity index (χ4v) is 6.01. The molecule has 6 heteroatoms. The molecule has 1 aliphatic heterocycles. The van der Waals surface area contributed by atoms with Crippen molar-refractivity contribution in [3.8, 4) is 11.3 Å². The van der Waals surface area contributed by atoms with Gasteiger partial charge in [0.25, 0.3) is 0 Å². The van der Waals surface area contributed by atoms with Crippen LogP contribution in [0, 0.1) is 24.7 Å². The van der Waals surface area contributed by atoms with E-state index in [2.05, 4.69) is 37.6 Å². The summed E-state index contributed by atoms with van der Waals surface area (Å²) in [5.74, 6) is 3.59. The van der Waals surface area contributed by atoms with Gasteiger partial charge in [-0.05, 0) is 62.5 Å². The Morgan fingerprint density at radius 1 is 1.03 bits per heavy atom. The molecule has 1 saturated heterocycles. The summed E-state index contributed by atoms with van der Waals surface area (Å²) in [4.78, 5) is 2.77. The Balaban J connectivity index is 1.13. The van der Waals surface area contributed by atoms with Gasteiger partial charge in [0.05, 0.1) is 11.4 Å². The molecule has 3 fully saturated rings. The van der Waals surface area contributed by atoms with Gasteiger partial charge in [0, 0.05) is 44.5 Å². The van der Waals surface area contributed by atoms with Crippen molar-refractivity contribution in [3.63, 3.8) is 0 Å². The summed E-state index contributed by atoms with van der Waals surface area (Å²) in [5, 5.41) is 16.9. The van der Waals surface area contributed by atoms with Crippen LogP contribution in [0.2, 0.25) is 0 Å². The molecular weight excluding hydrogens is 360 g/mol. The van der Waals surface area contributed by atoms with Crippen LogP contribution in [0.3, 0.4) is 0 Å². The third-order valence-corrected chi connectivity index (χ3v) is 7.37. The average molecular weight is 395 g/mol. The monoisotopic (exact) mass is 394 g/mol. The second kappa shape index (κ2) is 8.05. The number of nitrogens with one attached hydrogen (secondary N) is 1. The molecule has 0 bridgehead atoms. The number of anilines is 1. The maximum Gasteiger partial charge on any atom is 0.148 e. The first-order valence-electron chi connectivity index (χ1n) is 11.5. The van der Waals surface area contributed by atoms with E-state index in [-0.39, 0.29) is 0 Å². The smallest absolute Gasteiger partial charge is 0.148 e. The maximum absolute atomic E-state index is 4.45. The molecule has 3 atom stereocenters. The normalized spacial score (nSPS) is 28.0. The van der Waals surface area contributed by atoms with Gasteiger partial charge in [-0.15, -0.1) is 10.2 Å². The number of rotatable bonds is 5. The van der Waals surface area contributed by atoms with Crippen molar-refractivity contribution in [3.05, 3.63) is 24.0 Å². The van der Waals surface area contributed by atoms with Crippen LogP contribution in [0.1, 0.15) is 50.6 Å². The summed E-state index contributed by atoms with van der Waals surface area (Å²) < 4.78 is 1.83. The first-order valence-corrected chi connectivity index (χ1v) is 11.5. The molecule has 0 aromatic carbocycles. The molecule has 1 unspecified atom stereocenters. The van der Waals surface area contributed by atoms with Crippen LogP contribution in [0.5, 0.6) is 0 Å². The van der Waals surface area contributed by atoms with Gasteiger partial charge in [0.15, 0.2) is 0 Å². The van der Waals surface area contributed by atoms with Crippen molar-refractivity contribution in [1.82, 2.24) is 24.9 Å². The molecule has 6 nitrogen and oxygen atoms in total. The predicted octanol–water partition coefficient (Wildman–Crippen LogP) is 3.89. The fraction of sp³-hybridized carbons (Fsp3) is 0.696. The van der Waals surface area contributed by atoms with Crippen molar-refractivity contribution in [2.75, 3.05) is 25.0 Å². The van der Waals surface area contributed by atoms with Crippen LogP contribution in [0.25, 0.3) is 11.3 Å². The van der Waals surface area contributed by atoms with E-state index in [1.54, 1.807) is 0 Å². The van der Waals surface area contributed by atoms with E-state index in [4.69, 9.17) is 0 Å². The lowest BCUT2D eigenvalue weighted by Gasteiger charge is -2.27. The first kappa shape index (κ1) is 19.0. The Morgan fingerprint density at radius 3 is 2.41 bits per heavy atom. The van der Waals surface area contributed by atoms with Crippen molar-refractivity contribution < 1.29 is 0 Å². The second-order valence-electron chi connectivity index (χ2n) is 9.66. The average Bonchev–Trinajstić information content (AvgIpc) is 3.36. The fourth-order valence-electron chi connectivity index (χ4n) is 6.01. The van der Waals surface area contributed by atoms with Gasteiger partial charge in [0.2, 0.25) is 0 Å². The molecule has 3 aliphatic rings. The molecule has 2 saturated carbocycles. The number of aryl methyl sites for hydroxylation is 2. The molecule has 0 spiro atoms. The third-order valence-electron chi connectivity index (χ3n) is 7.37. The molecule has 2 aromatic rings. The minimum Gasteiger partial charge on any atom is -0.366 e. The Hall–Kier alpha value is -1.95. The van der Waals surface area contributed by atoms with E-state index < -0.39 is 0 Å². The van der Waals surface area contributed by atoms with Crippen LogP contribution >= 0.6 is 0 Å². The molecule has 1 N–H and O–H groups in total. The molecule has 156 valence electrons. The van der Waals surface area contributed by atoms with Gasteiger partial charge < -0.3 is 10.2 Å². The Bertz CT molecular complexity index is 808. The molecule has 0 amide bonds. The minimum absolute atomic E-state index is 0.544. The maximum atomic E-state index is 4.45. The third kappa shape index (κ3) is 4.18. The van der Waals surface area contributed by atoms with E-state index in [0.29, 0.717) is 6.04 Å². The van der Waals surface area contributed by atoms with E-state index in [9.17, 15) is 0 Å².